The molecule has 3 rings (SSSR count). The first-order valence-electron chi connectivity index (χ1n) is 8.98. The van der Waals surface area contributed by atoms with Crippen molar-refractivity contribution in [2.24, 2.45) is 11.7 Å². The molecule has 146 valence electrons. The number of thiophene rings is 1. The number of amides is 2. The lowest BCUT2D eigenvalue weighted by atomic mass is 9.94. The van der Waals surface area contributed by atoms with Crippen LogP contribution in [-0.2, 0) is 4.79 Å². The summed E-state index contributed by atoms with van der Waals surface area (Å²) in [5.41, 5.74) is 8.01. The molecule has 1 aromatic heterocycles. The highest BCUT2D eigenvalue weighted by molar-refractivity contribution is 7.08. The van der Waals surface area contributed by atoms with Gasteiger partial charge in [0.25, 0.3) is 5.91 Å². The minimum absolute atomic E-state index is 0. The molecule has 1 aromatic carbocycles. The Kier molecular flexibility index (Phi) is 7.83. The lowest BCUT2D eigenvalue weighted by molar-refractivity contribution is -0.135. The van der Waals surface area contributed by atoms with Crippen LogP contribution in [0.15, 0.2) is 47.2 Å². The van der Waals surface area contributed by atoms with Gasteiger partial charge in [-0.2, -0.15) is 11.3 Å². The van der Waals surface area contributed by atoms with E-state index in [0.29, 0.717) is 26.2 Å². The van der Waals surface area contributed by atoms with Crippen molar-refractivity contribution in [3.63, 3.8) is 0 Å². The van der Waals surface area contributed by atoms with E-state index in [1.807, 2.05) is 63.9 Å². The van der Waals surface area contributed by atoms with E-state index in [-0.39, 0.29) is 36.2 Å². The fourth-order valence-electron chi connectivity index (χ4n) is 3.32. The van der Waals surface area contributed by atoms with Crippen LogP contribution in [0.4, 0.5) is 0 Å². The van der Waals surface area contributed by atoms with Crippen molar-refractivity contribution in [1.29, 1.82) is 0 Å². The third-order valence-electron chi connectivity index (χ3n) is 4.98. The topological polar surface area (TPSA) is 66.6 Å². The zero-order valence-electron chi connectivity index (χ0n) is 15.4. The lowest BCUT2D eigenvalue weighted by Gasteiger charge is -2.27. The van der Waals surface area contributed by atoms with Crippen LogP contribution in [0.3, 0.4) is 0 Å². The molecule has 5 nitrogen and oxygen atoms in total. The molecule has 2 N–H and O–H groups in total. The molecule has 2 heterocycles. The summed E-state index contributed by atoms with van der Waals surface area (Å²) < 4.78 is 0. The largest absolute Gasteiger partial charge is 0.341 e. The molecule has 2 aromatic rings. The molecule has 2 atom stereocenters. The maximum atomic E-state index is 12.9. The number of benzene rings is 1. The van der Waals surface area contributed by atoms with Crippen LogP contribution < -0.4 is 5.73 Å². The molecule has 0 aliphatic carbocycles. The number of nitrogens with zero attached hydrogens (tertiary/aromatic N) is 2. The van der Waals surface area contributed by atoms with Crippen LogP contribution >= 0.6 is 23.7 Å². The summed E-state index contributed by atoms with van der Waals surface area (Å²) in [5.74, 6) is -0.183. The van der Waals surface area contributed by atoms with E-state index in [9.17, 15) is 9.59 Å². The van der Waals surface area contributed by atoms with Crippen molar-refractivity contribution in [3.8, 4) is 0 Å². The van der Waals surface area contributed by atoms with Gasteiger partial charge in [-0.25, -0.2) is 0 Å². The van der Waals surface area contributed by atoms with Crippen molar-refractivity contribution < 1.29 is 9.59 Å². The zero-order chi connectivity index (χ0) is 18.5. The first-order chi connectivity index (χ1) is 12.6. The first-order valence-corrected chi connectivity index (χ1v) is 9.93. The van der Waals surface area contributed by atoms with Gasteiger partial charge in [-0.1, -0.05) is 37.3 Å². The van der Waals surface area contributed by atoms with Crippen molar-refractivity contribution in [2.75, 3.05) is 26.2 Å². The normalized spacial score (nSPS) is 16.8. The van der Waals surface area contributed by atoms with E-state index >= 15 is 0 Å². The molecule has 7 heteroatoms. The van der Waals surface area contributed by atoms with Gasteiger partial charge in [-0.3, -0.25) is 9.59 Å². The van der Waals surface area contributed by atoms with Gasteiger partial charge in [0, 0.05) is 37.6 Å². The average molecular weight is 408 g/mol. The summed E-state index contributed by atoms with van der Waals surface area (Å²) in [7, 11) is 0. The average Bonchev–Trinajstić information content (AvgIpc) is 3.11. The van der Waals surface area contributed by atoms with Crippen molar-refractivity contribution >= 4 is 35.6 Å². The molecular formula is C20H26ClN3O2S. The second-order valence-corrected chi connectivity index (χ2v) is 7.49. The minimum Gasteiger partial charge on any atom is -0.341 e. The van der Waals surface area contributed by atoms with Crippen LogP contribution in [0.5, 0.6) is 0 Å². The highest BCUT2D eigenvalue weighted by Gasteiger charge is 2.29. The van der Waals surface area contributed by atoms with Gasteiger partial charge in [0.1, 0.15) is 0 Å². The molecule has 0 saturated carbocycles. The third-order valence-corrected chi connectivity index (χ3v) is 5.66. The number of nitrogens with two attached hydrogens (primary N) is 1. The summed E-state index contributed by atoms with van der Waals surface area (Å²) in [6.45, 7) is 4.35. The van der Waals surface area contributed by atoms with Crippen LogP contribution in [-0.4, -0.2) is 47.8 Å². The summed E-state index contributed by atoms with van der Waals surface area (Å²) in [4.78, 5) is 29.1. The molecule has 1 aliphatic heterocycles. The number of carbonyl (C=O) groups excluding carboxylic acids is 2. The molecule has 2 unspecified atom stereocenters. The van der Waals surface area contributed by atoms with Crippen molar-refractivity contribution in [2.45, 2.75) is 19.4 Å². The van der Waals surface area contributed by atoms with Crippen molar-refractivity contribution in [3.05, 3.63) is 58.3 Å². The fraction of sp³-hybridized carbons (Fsp3) is 0.400. The molecular weight excluding hydrogens is 382 g/mol. The molecule has 0 bridgehead atoms. The van der Waals surface area contributed by atoms with Gasteiger partial charge >= 0.3 is 0 Å². The Morgan fingerprint density at radius 3 is 2.37 bits per heavy atom. The fourth-order valence-corrected chi connectivity index (χ4v) is 3.94. The number of hydrogen-bond donors (Lipinski definition) is 1. The first kappa shape index (κ1) is 21.4. The quantitative estimate of drug-likeness (QED) is 0.846. The Hall–Kier alpha value is -1.89. The Morgan fingerprint density at radius 2 is 1.70 bits per heavy atom. The van der Waals surface area contributed by atoms with Gasteiger partial charge in [-0.05, 0) is 23.4 Å². The van der Waals surface area contributed by atoms with Crippen LogP contribution in [0.1, 0.15) is 35.3 Å². The maximum Gasteiger partial charge on any atom is 0.254 e. The summed E-state index contributed by atoms with van der Waals surface area (Å²) in [6, 6.07) is 11.3. The molecule has 27 heavy (non-hydrogen) atoms. The number of halogens is 1. The van der Waals surface area contributed by atoms with Gasteiger partial charge in [0.2, 0.25) is 5.91 Å². The van der Waals surface area contributed by atoms with Crippen molar-refractivity contribution in [1.82, 2.24) is 9.80 Å². The summed E-state index contributed by atoms with van der Waals surface area (Å²) >= 11 is 1.52. The van der Waals surface area contributed by atoms with Gasteiger partial charge in [0.05, 0.1) is 11.5 Å². The molecule has 1 fully saturated rings. The van der Waals surface area contributed by atoms with E-state index in [4.69, 9.17) is 5.73 Å². The van der Waals surface area contributed by atoms with Gasteiger partial charge in [-0.15, -0.1) is 12.4 Å². The maximum absolute atomic E-state index is 12.9. The monoisotopic (exact) mass is 407 g/mol. The second-order valence-electron chi connectivity index (χ2n) is 6.71. The zero-order valence-corrected chi connectivity index (χ0v) is 17.0. The predicted octanol–water partition coefficient (Wildman–Crippen LogP) is 3.18. The predicted molar refractivity (Wildman–Crippen MR) is 111 cm³/mol. The van der Waals surface area contributed by atoms with E-state index in [1.165, 1.54) is 11.3 Å². The number of carbonyl (C=O) groups is 2. The van der Waals surface area contributed by atoms with Gasteiger partial charge < -0.3 is 15.5 Å². The Labute approximate surface area is 170 Å². The van der Waals surface area contributed by atoms with Crippen LogP contribution in [0.2, 0.25) is 0 Å². The van der Waals surface area contributed by atoms with Gasteiger partial charge in [0.15, 0.2) is 0 Å². The lowest BCUT2D eigenvalue weighted by Crippen LogP contribution is -2.42. The van der Waals surface area contributed by atoms with E-state index in [0.717, 1.165) is 17.5 Å². The molecule has 1 aliphatic rings. The van der Waals surface area contributed by atoms with E-state index < -0.39 is 0 Å². The highest BCUT2D eigenvalue weighted by Crippen LogP contribution is 2.22. The van der Waals surface area contributed by atoms with Crippen LogP contribution in [0.25, 0.3) is 0 Å². The summed E-state index contributed by atoms with van der Waals surface area (Å²) in [6.07, 6.45) is 0.787. The minimum atomic E-state index is -0.324. The number of hydrogen-bond acceptors (Lipinski definition) is 4. The molecule has 0 spiro atoms. The second kappa shape index (κ2) is 9.88. The standard InChI is InChI=1S/C20H25N3O2S.ClH/c1-15(18(21)16-6-3-2-4-7-16)19(24)22-9-5-10-23(12-11-22)20(25)17-8-13-26-14-17;/h2-4,6-8,13-15,18H,5,9-12,21H2,1H3;1H. The SMILES string of the molecule is CC(C(=O)N1CCCN(C(=O)c2ccsc2)CC1)C(N)c1ccccc1.Cl. The third kappa shape index (κ3) is 5.09. The molecule has 2 amide bonds. The Balaban J connectivity index is 0.00000261. The number of rotatable bonds is 4. The Bertz CT molecular complexity index is 739. The Morgan fingerprint density at radius 1 is 1.04 bits per heavy atom. The smallest absolute Gasteiger partial charge is 0.254 e. The summed E-state index contributed by atoms with van der Waals surface area (Å²) in [5, 5.41) is 3.78. The van der Waals surface area contributed by atoms with E-state index in [1.54, 1.807) is 0 Å². The molecule has 0 radical (unpaired) electrons. The molecule has 1 saturated heterocycles. The van der Waals surface area contributed by atoms with E-state index in [2.05, 4.69) is 0 Å². The van der Waals surface area contributed by atoms with Crippen LogP contribution in [0, 0.1) is 5.92 Å². The highest BCUT2D eigenvalue weighted by atomic mass is 35.5.